The van der Waals surface area contributed by atoms with Crippen molar-refractivity contribution in [2.24, 2.45) is 0 Å². The lowest BCUT2D eigenvalue weighted by Crippen LogP contribution is -2.60. The summed E-state index contributed by atoms with van der Waals surface area (Å²) in [7, 11) is -5.06. The van der Waals surface area contributed by atoms with Gasteiger partial charge >= 0.3 is 16.4 Å². The average Bonchev–Trinajstić information content (AvgIpc) is 3.27. The van der Waals surface area contributed by atoms with Crippen LogP contribution >= 0.6 is 0 Å². The third-order valence-electron chi connectivity index (χ3n) is 12.7. The first-order chi connectivity index (χ1) is 31.1. The maximum Gasteiger partial charge on any atom is 0.397 e. The van der Waals surface area contributed by atoms with Crippen LogP contribution in [0.3, 0.4) is 0 Å². The van der Waals surface area contributed by atoms with Gasteiger partial charge < -0.3 is 34.3 Å². The van der Waals surface area contributed by atoms with Crippen LogP contribution < -0.4 is 0 Å². The Morgan fingerprint density at radius 2 is 0.891 bits per heavy atom. The molecule has 6 unspecified atom stereocenters. The number of hydrogen-bond donors (Lipinski definition) is 4. The molecule has 1 heterocycles. The van der Waals surface area contributed by atoms with Crippen molar-refractivity contribution in [3.8, 4) is 0 Å². The van der Waals surface area contributed by atoms with Crippen LogP contribution in [0.1, 0.15) is 258 Å². The molecule has 13 heteroatoms. The van der Waals surface area contributed by atoms with E-state index in [0.29, 0.717) is 13.0 Å². The Hall–Kier alpha value is -0.900. The van der Waals surface area contributed by atoms with Crippen LogP contribution in [0.15, 0.2) is 0 Å². The van der Waals surface area contributed by atoms with E-state index in [1.54, 1.807) is 0 Å². The highest BCUT2D eigenvalue weighted by Gasteiger charge is 2.48. The van der Waals surface area contributed by atoms with Crippen molar-refractivity contribution in [3.05, 3.63) is 0 Å². The van der Waals surface area contributed by atoms with Crippen LogP contribution in [0.5, 0.6) is 0 Å². The molecule has 0 spiro atoms. The van der Waals surface area contributed by atoms with Crippen LogP contribution in [0.25, 0.3) is 0 Å². The molecule has 4 N–H and O–H groups in total. The number of unbranched alkanes of at least 4 members (excludes halogenated alkanes) is 35. The summed E-state index contributed by atoms with van der Waals surface area (Å²) in [5.41, 5.74) is 0. The smallest absolute Gasteiger partial charge is 0.397 e. The molecular formula is C51H100O12S. The molecule has 0 aromatic rings. The number of carbonyl (C=O) groups is 1. The molecule has 0 aliphatic carbocycles. The van der Waals surface area contributed by atoms with Gasteiger partial charge in [0.25, 0.3) is 0 Å². The molecule has 64 heavy (non-hydrogen) atoms. The molecule has 6 atom stereocenters. The van der Waals surface area contributed by atoms with Gasteiger partial charge in [0, 0.05) is 13.0 Å². The van der Waals surface area contributed by atoms with Crippen molar-refractivity contribution in [1.29, 1.82) is 0 Å². The lowest BCUT2D eigenvalue weighted by atomic mass is 9.99. The first kappa shape index (κ1) is 61.1. The summed E-state index contributed by atoms with van der Waals surface area (Å²) >= 11 is 0. The van der Waals surface area contributed by atoms with E-state index in [1.165, 1.54) is 193 Å². The van der Waals surface area contributed by atoms with E-state index in [4.69, 9.17) is 18.9 Å². The number of carbonyl (C=O) groups excluding carboxylic acids is 1. The van der Waals surface area contributed by atoms with E-state index in [9.17, 15) is 33.1 Å². The summed E-state index contributed by atoms with van der Waals surface area (Å²) in [6.45, 7) is 4.06. The summed E-state index contributed by atoms with van der Waals surface area (Å²) in [5.74, 6) is -0.390. The minimum Gasteiger partial charge on any atom is -0.457 e. The normalized spacial score (nSPS) is 19.6. The highest BCUT2D eigenvalue weighted by molar-refractivity contribution is 7.80. The molecule has 1 fully saturated rings. The number of rotatable bonds is 48. The Kier molecular flexibility index (Phi) is 41.4. The molecule has 12 nitrogen and oxygen atoms in total. The lowest BCUT2D eigenvalue weighted by Gasteiger charge is -2.41. The zero-order valence-corrected chi connectivity index (χ0v) is 41.9. The maximum absolute atomic E-state index is 12.9. The molecule has 1 saturated heterocycles. The fraction of sp³-hybridized carbons (Fsp3) is 0.980. The van der Waals surface area contributed by atoms with E-state index in [2.05, 4.69) is 18.0 Å². The summed E-state index contributed by atoms with van der Waals surface area (Å²) < 4.78 is 59.3. The zero-order valence-electron chi connectivity index (χ0n) is 41.1. The van der Waals surface area contributed by atoms with Gasteiger partial charge in [-0.05, 0) is 12.8 Å². The monoisotopic (exact) mass is 937 g/mol. The average molecular weight is 937 g/mol. The topological polar surface area (TPSA) is 178 Å². The number of ether oxygens (including phenoxy) is 4. The van der Waals surface area contributed by atoms with Crippen molar-refractivity contribution >= 4 is 16.4 Å². The Morgan fingerprint density at radius 1 is 0.531 bits per heavy atom. The van der Waals surface area contributed by atoms with Gasteiger partial charge in [-0.15, -0.1) is 0 Å². The summed E-state index contributed by atoms with van der Waals surface area (Å²) in [6, 6.07) is 0. The highest BCUT2D eigenvalue weighted by Crippen LogP contribution is 2.26. The van der Waals surface area contributed by atoms with Crippen molar-refractivity contribution in [2.75, 3.05) is 26.4 Å². The molecule has 0 radical (unpaired) electrons. The molecule has 1 aliphatic heterocycles. The molecule has 0 bridgehead atoms. The predicted octanol–water partition coefficient (Wildman–Crippen LogP) is 12.4. The van der Waals surface area contributed by atoms with Crippen LogP contribution in [0.4, 0.5) is 0 Å². The largest absolute Gasteiger partial charge is 0.457 e. The van der Waals surface area contributed by atoms with Crippen LogP contribution in [0, 0.1) is 0 Å². The quantitative estimate of drug-likeness (QED) is 0.0258. The predicted molar refractivity (Wildman–Crippen MR) is 258 cm³/mol. The van der Waals surface area contributed by atoms with Gasteiger partial charge in [-0.1, -0.05) is 239 Å². The summed E-state index contributed by atoms with van der Waals surface area (Å²) in [6.07, 6.45) is 38.5. The Labute approximate surface area is 392 Å². The maximum atomic E-state index is 12.9. The van der Waals surface area contributed by atoms with Crippen LogP contribution in [0.2, 0.25) is 0 Å². The van der Waals surface area contributed by atoms with E-state index in [0.717, 1.165) is 38.5 Å². The Balaban J connectivity index is 2.31. The van der Waals surface area contributed by atoms with E-state index >= 15 is 0 Å². The third kappa shape index (κ3) is 36.2. The van der Waals surface area contributed by atoms with Crippen molar-refractivity contribution in [2.45, 2.75) is 295 Å². The number of aliphatic hydroxyl groups is 3. The second-order valence-electron chi connectivity index (χ2n) is 18.8. The van der Waals surface area contributed by atoms with Gasteiger partial charge in [-0.2, -0.15) is 8.42 Å². The van der Waals surface area contributed by atoms with Crippen molar-refractivity contribution in [1.82, 2.24) is 0 Å². The van der Waals surface area contributed by atoms with Gasteiger partial charge in [0.05, 0.1) is 19.8 Å². The number of hydrogen-bond acceptors (Lipinski definition) is 11. The second-order valence-corrected chi connectivity index (χ2v) is 19.9. The Morgan fingerprint density at radius 3 is 1.25 bits per heavy atom. The summed E-state index contributed by atoms with van der Waals surface area (Å²) in [5, 5.41) is 30.8. The molecule has 0 aromatic heterocycles. The minimum absolute atomic E-state index is 0.0452. The molecule has 0 saturated carbocycles. The number of aliphatic hydroxyl groups excluding tert-OH is 3. The van der Waals surface area contributed by atoms with Gasteiger partial charge in [0.15, 0.2) is 6.29 Å². The SMILES string of the molecule is CCCCCCCCCCCCCCCCCCCCCCCC(=O)OC(COCCCCCCCCCCCCCCCCCC)COC1OC(CO)C(O)C(OS(=O)(=O)O)C1O. The van der Waals surface area contributed by atoms with Crippen molar-refractivity contribution in [3.63, 3.8) is 0 Å². The van der Waals surface area contributed by atoms with Crippen molar-refractivity contribution < 1.29 is 56.2 Å². The molecule has 382 valence electrons. The minimum atomic E-state index is -5.06. The van der Waals surface area contributed by atoms with E-state index in [1.807, 2.05) is 0 Å². The highest BCUT2D eigenvalue weighted by atomic mass is 32.3. The fourth-order valence-corrected chi connectivity index (χ4v) is 9.18. The second kappa shape index (κ2) is 43.4. The molecule has 0 amide bonds. The van der Waals surface area contributed by atoms with E-state index in [-0.39, 0.29) is 19.6 Å². The van der Waals surface area contributed by atoms with Crippen LogP contribution in [-0.4, -0.2) is 97.5 Å². The lowest BCUT2D eigenvalue weighted by molar-refractivity contribution is -0.301. The fourth-order valence-electron chi connectivity index (χ4n) is 8.68. The van der Waals surface area contributed by atoms with Gasteiger partial charge in [-0.3, -0.25) is 9.35 Å². The van der Waals surface area contributed by atoms with Crippen LogP contribution in [-0.2, 0) is 38.3 Å². The molecule has 1 aliphatic rings. The van der Waals surface area contributed by atoms with Gasteiger partial charge in [0.2, 0.25) is 0 Å². The molecule has 0 aromatic carbocycles. The zero-order chi connectivity index (χ0) is 46.8. The number of esters is 1. The Bertz CT molecular complexity index is 1130. The van der Waals surface area contributed by atoms with Gasteiger partial charge in [0.1, 0.15) is 30.5 Å². The standard InChI is InChI=1S/C51H100O12S/c1-3-5-7-9-11-13-15-17-19-21-22-23-24-25-26-28-30-32-34-36-38-40-47(53)61-45(44-60-51-49(55)50(63-64(56,57)58)48(54)46(42-52)62-51)43-59-41-39-37-35-33-31-29-27-20-18-16-14-12-10-8-6-4-2/h45-46,48-52,54-55H,3-44H2,1-2H3,(H,56,57,58). The first-order valence-corrected chi connectivity index (χ1v) is 28.2. The van der Waals surface area contributed by atoms with Gasteiger partial charge in [-0.25, -0.2) is 4.18 Å². The summed E-state index contributed by atoms with van der Waals surface area (Å²) in [4.78, 5) is 12.9. The third-order valence-corrected chi connectivity index (χ3v) is 13.2. The molecular weight excluding hydrogens is 837 g/mol. The van der Waals surface area contributed by atoms with E-state index < -0.39 is 59.8 Å². The first-order valence-electron chi connectivity index (χ1n) is 26.8. The molecule has 1 rings (SSSR count).